The van der Waals surface area contributed by atoms with E-state index >= 15 is 0 Å². The second kappa shape index (κ2) is 29.5. The van der Waals surface area contributed by atoms with E-state index in [1.807, 2.05) is 0 Å². The van der Waals surface area contributed by atoms with E-state index in [2.05, 4.69) is 81.1 Å². The van der Waals surface area contributed by atoms with Gasteiger partial charge in [0.2, 0.25) is 0 Å². The molecule has 0 spiro atoms. The largest absolute Gasteiger partial charge is 0.298 e. The first kappa shape index (κ1) is 49.5. The fraction of sp³-hybridized carbons (Fsp3) is 0.898. The smallest absolute Gasteiger partial charge is 0.0516 e. The Kier molecular flexibility index (Phi) is 26.5. The number of hydrogen-bond acceptors (Lipinski definition) is 6. The van der Waals surface area contributed by atoms with Gasteiger partial charge >= 0.3 is 0 Å². The molecule has 0 bridgehead atoms. The molecule has 2 fully saturated rings. The molecule has 0 heterocycles. The van der Waals surface area contributed by atoms with Gasteiger partial charge in [0.05, 0.1) is 19.6 Å². The van der Waals surface area contributed by atoms with Crippen LogP contribution in [0.25, 0.3) is 0 Å². The highest BCUT2D eigenvalue weighted by Crippen LogP contribution is 2.31. The molecule has 0 aromatic heterocycles. The third-order valence-corrected chi connectivity index (χ3v) is 11.1. The zero-order valence-corrected chi connectivity index (χ0v) is 38.6. The summed E-state index contributed by atoms with van der Waals surface area (Å²) in [6.07, 6.45) is 22.1. The summed E-state index contributed by atoms with van der Waals surface area (Å²) < 4.78 is 0. The van der Waals surface area contributed by atoms with Gasteiger partial charge in [-0.1, -0.05) is 89.0 Å². The van der Waals surface area contributed by atoms with Crippen molar-refractivity contribution in [2.45, 2.75) is 192 Å². The lowest BCUT2D eigenvalue weighted by molar-refractivity contribution is 0.297. The summed E-state index contributed by atoms with van der Waals surface area (Å²) in [5.41, 5.74) is 7.22. The van der Waals surface area contributed by atoms with Crippen LogP contribution in [0.3, 0.4) is 0 Å². The third kappa shape index (κ3) is 26.0. The number of aliphatic imine (C=N–C) groups is 5. The van der Waals surface area contributed by atoms with Gasteiger partial charge in [0.1, 0.15) is 0 Å². The second-order valence-corrected chi connectivity index (χ2v) is 19.8. The van der Waals surface area contributed by atoms with Crippen LogP contribution in [0, 0.1) is 41.4 Å². The Bertz CT molecular complexity index is 1090. The summed E-state index contributed by atoms with van der Waals surface area (Å²) in [5, 5.41) is 0. The molecular weight excluding hydrogens is 673 g/mol. The van der Waals surface area contributed by atoms with Crippen LogP contribution in [0.2, 0.25) is 0 Å². The van der Waals surface area contributed by atoms with E-state index < -0.39 is 0 Å². The summed E-state index contributed by atoms with van der Waals surface area (Å²) in [6, 6.07) is 0. The predicted molar refractivity (Wildman–Crippen MR) is 248 cm³/mol. The van der Waals surface area contributed by atoms with E-state index in [1.165, 1.54) is 106 Å². The molecule has 0 aromatic rings. The summed E-state index contributed by atoms with van der Waals surface area (Å²) in [5.74, 6) is 4.72. The lowest BCUT2D eigenvalue weighted by Crippen LogP contribution is -2.32. The molecule has 2 saturated carbocycles. The van der Waals surface area contributed by atoms with Crippen LogP contribution in [-0.2, 0) is 0 Å². The summed E-state index contributed by atoms with van der Waals surface area (Å²) in [4.78, 5) is 28.2. The standard InChI is InChI=1S/C49H92N6/c1-38(2)30-47(31-39(3)4)52-24-27-55(28-25-53-48(32-40(5)6)33-41(7)8)29-26-54-49(34-42(9)10)36-43(11)35-44-20-21-46(37-44)51-23-17-13-12-16-22-50-45-18-14-15-19-45/h38-44H,12-37H2,1-11H3. The molecule has 2 rings (SSSR count). The van der Waals surface area contributed by atoms with Crippen molar-refractivity contribution in [2.75, 3.05) is 52.4 Å². The van der Waals surface area contributed by atoms with Crippen molar-refractivity contribution in [1.29, 1.82) is 0 Å². The number of unbranched alkanes of at least 4 members (excludes halogenated alkanes) is 3. The Hall–Kier alpha value is -1.69. The van der Waals surface area contributed by atoms with Gasteiger partial charge < -0.3 is 0 Å². The van der Waals surface area contributed by atoms with Gasteiger partial charge in [-0.3, -0.25) is 29.9 Å². The van der Waals surface area contributed by atoms with Gasteiger partial charge in [0.25, 0.3) is 0 Å². The van der Waals surface area contributed by atoms with Gasteiger partial charge in [0, 0.05) is 61.3 Å². The minimum Gasteiger partial charge on any atom is -0.298 e. The molecule has 2 aliphatic rings. The van der Waals surface area contributed by atoms with Gasteiger partial charge in [-0.25, -0.2) is 0 Å². The van der Waals surface area contributed by atoms with E-state index in [4.69, 9.17) is 25.0 Å². The quantitative estimate of drug-likeness (QED) is 0.0530. The second-order valence-electron chi connectivity index (χ2n) is 19.8. The highest BCUT2D eigenvalue weighted by atomic mass is 15.1. The van der Waals surface area contributed by atoms with E-state index in [0.717, 1.165) is 96.8 Å². The first-order chi connectivity index (χ1) is 26.3. The average Bonchev–Trinajstić information content (AvgIpc) is 3.76. The van der Waals surface area contributed by atoms with E-state index in [-0.39, 0.29) is 0 Å². The molecular formula is C49H92N6. The van der Waals surface area contributed by atoms with Crippen LogP contribution in [0.1, 0.15) is 192 Å². The molecule has 2 aliphatic carbocycles. The maximum absolute atomic E-state index is 5.35. The molecule has 0 saturated heterocycles. The minimum atomic E-state index is 0.636. The van der Waals surface area contributed by atoms with Crippen molar-refractivity contribution in [3.63, 3.8) is 0 Å². The molecule has 318 valence electrons. The zero-order valence-electron chi connectivity index (χ0n) is 38.6. The van der Waals surface area contributed by atoms with Crippen LogP contribution >= 0.6 is 0 Å². The minimum absolute atomic E-state index is 0.636. The molecule has 2 unspecified atom stereocenters. The fourth-order valence-electron chi connectivity index (χ4n) is 8.68. The third-order valence-electron chi connectivity index (χ3n) is 11.1. The van der Waals surface area contributed by atoms with E-state index in [0.29, 0.717) is 35.5 Å². The van der Waals surface area contributed by atoms with Crippen LogP contribution < -0.4 is 0 Å². The Morgan fingerprint density at radius 2 is 0.891 bits per heavy atom. The zero-order chi connectivity index (χ0) is 40.4. The van der Waals surface area contributed by atoms with Crippen LogP contribution in [0.5, 0.6) is 0 Å². The van der Waals surface area contributed by atoms with Crippen LogP contribution in [-0.4, -0.2) is 85.8 Å². The van der Waals surface area contributed by atoms with Crippen molar-refractivity contribution in [3.8, 4) is 0 Å². The highest BCUT2D eigenvalue weighted by Gasteiger charge is 2.23. The summed E-state index contributed by atoms with van der Waals surface area (Å²) >= 11 is 0. The van der Waals surface area contributed by atoms with Gasteiger partial charge in [-0.05, 0) is 144 Å². The monoisotopic (exact) mass is 765 g/mol. The van der Waals surface area contributed by atoms with Crippen molar-refractivity contribution >= 4 is 28.6 Å². The topological polar surface area (TPSA) is 65.0 Å². The molecule has 2 atom stereocenters. The fourth-order valence-corrected chi connectivity index (χ4v) is 8.68. The lowest BCUT2D eigenvalue weighted by Gasteiger charge is -2.22. The molecule has 6 nitrogen and oxygen atoms in total. The highest BCUT2D eigenvalue weighted by molar-refractivity contribution is 5.87. The Balaban J connectivity index is 1.92. The van der Waals surface area contributed by atoms with E-state index in [9.17, 15) is 0 Å². The summed E-state index contributed by atoms with van der Waals surface area (Å²) in [6.45, 7) is 33.4. The van der Waals surface area contributed by atoms with Crippen molar-refractivity contribution in [3.05, 3.63) is 0 Å². The number of hydrogen-bond donors (Lipinski definition) is 0. The predicted octanol–water partition coefficient (Wildman–Crippen LogP) is 13.1. The average molecular weight is 765 g/mol. The number of nitrogens with zero attached hydrogens (tertiary/aromatic N) is 6. The van der Waals surface area contributed by atoms with Gasteiger partial charge in [0.15, 0.2) is 0 Å². The molecule has 0 N–H and O–H groups in total. The first-order valence-electron chi connectivity index (χ1n) is 23.6. The Morgan fingerprint density at radius 3 is 1.31 bits per heavy atom. The maximum Gasteiger partial charge on any atom is 0.0516 e. The van der Waals surface area contributed by atoms with Gasteiger partial charge in [-0.15, -0.1) is 0 Å². The van der Waals surface area contributed by atoms with Crippen LogP contribution in [0.4, 0.5) is 0 Å². The van der Waals surface area contributed by atoms with Crippen molar-refractivity contribution in [2.24, 2.45) is 66.4 Å². The molecule has 55 heavy (non-hydrogen) atoms. The van der Waals surface area contributed by atoms with Crippen molar-refractivity contribution < 1.29 is 0 Å². The Morgan fingerprint density at radius 1 is 0.491 bits per heavy atom. The maximum atomic E-state index is 5.35. The number of rotatable bonds is 30. The summed E-state index contributed by atoms with van der Waals surface area (Å²) in [7, 11) is 0. The first-order valence-corrected chi connectivity index (χ1v) is 23.6. The molecule has 0 aromatic carbocycles. The van der Waals surface area contributed by atoms with E-state index in [1.54, 1.807) is 0 Å². The molecule has 0 aliphatic heterocycles. The van der Waals surface area contributed by atoms with Crippen LogP contribution in [0.15, 0.2) is 25.0 Å². The molecule has 0 amide bonds. The molecule has 0 radical (unpaired) electrons. The lowest BCUT2D eigenvalue weighted by atomic mass is 9.89. The Labute approximate surface area is 342 Å². The molecule has 6 heteroatoms. The normalized spacial score (nSPS) is 18.0. The van der Waals surface area contributed by atoms with Gasteiger partial charge in [-0.2, -0.15) is 0 Å². The SMILES string of the molecule is CC(C)CC(CC(C)C)=NCCN(CCN=C(CC(C)C)CC(C)C)CCN=C(CC(C)C)CC(C)CC1CCC(=NCCCCCCN=C2CCCC2)C1. The van der Waals surface area contributed by atoms with Crippen molar-refractivity contribution in [1.82, 2.24) is 4.90 Å².